The second-order valence-electron chi connectivity index (χ2n) is 19.0. The number of carboxylic acids is 1. The van der Waals surface area contributed by atoms with Crippen LogP contribution in [0.1, 0.15) is 91.8 Å². The number of carbonyl (C=O) groups is 9. The molecule has 1 aliphatic heterocycles. The van der Waals surface area contributed by atoms with Crippen LogP contribution in [0.3, 0.4) is 0 Å². The number of thiol groups is 1. The average Bonchev–Trinajstić information content (AvgIpc) is 4.05. The highest BCUT2D eigenvalue weighted by Gasteiger charge is 2.42. The van der Waals surface area contributed by atoms with E-state index in [0.29, 0.717) is 29.9 Å². The molecule has 0 spiro atoms. The van der Waals surface area contributed by atoms with Gasteiger partial charge in [-0.3, -0.25) is 38.4 Å². The van der Waals surface area contributed by atoms with Crippen molar-refractivity contribution in [3.63, 3.8) is 0 Å². The molecule has 24 heteroatoms. The summed E-state index contributed by atoms with van der Waals surface area (Å²) in [7, 11) is 0. The maximum atomic E-state index is 14.4. The second-order valence-corrected chi connectivity index (χ2v) is 20.3. The predicted octanol–water partition coefficient (Wildman–Crippen LogP) is 0.148. The lowest BCUT2D eigenvalue weighted by atomic mass is 9.95. The Labute approximate surface area is 430 Å². The van der Waals surface area contributed by atoms with Gasteiger partial charge in [-0.25, -0.2) is 9.78 Å². The van der Waals surface area contributed by atoms with Crippen molar-refractivity contribution < 1.29 is 53.4 Å². The van der Waals surface area contributed by atoms with Gasteiger partial charge in [0.2, 0.25) is 47.3 Å². The lowest BCUT2D eigenvalue weighted by molar-refractivity contribution is -0.143. The molecule has 2 heterocycles. The first-order valence-corrected chi connectivity index (χ1v) is 26.3. The lowest BCUT2D eigenvalue weighted by Gasteiger charge is -2.33. The van der Waals surface area contributed by atoms with Crippen LogP contribution in [0, 0.1) is 17.8 Å². The van der Waals surface area contributed by atoms with E-state index in [0.717, 1.165) is 0 Å². The number of nitrogens with zero attached hydrogens (tertiary/aromatic N) is 2. The Hall–Kier alpha value is -5.88. The molecule has 0 saturated carbocycles. The zero-order chi connectivity index (χ0) is 53.8. The quantitative estimate of drug-likeness (QED) is 0.0483. The summed E-state index contributed by atoms with van der Waals surface area (Å²) >= 11 is 5.74. The van der Waals surface area contributed by atoms with E-state index in [-0.39, 0.29) is 62.0 Å². The molecule has 0 bridgehead atoms. The first kappa shape index (κ1) is 60.4. The van der Waals surface area contributed by atoms with Crippen molar-refractivity contribution in [1.29, 1.82) is 0 Å². The third-order valence-corrected chi connectivity index (χ3v) is 13.3. The summed E-state index contributed by atoms with van der Waals surface area (Å²) in [5.74, 6) is -7.53. The standard InChI is InChI=1S/C48H75N11O11S2/c1-9-27(6)39(58-43(64)33(19-25(2)3)53-40(61)28(7)49)47(68)59-17-10-11-37(59)45(66)54-34(20-29-12-14-31(60)15-13-29)41(62)56-36(23-71)44(65)57-38(26(4)5)46(67)55-35(21-30-22-50-24-51-30)42(63)52-32(48(69)70)16-18-72-8/h12-15,22,24-28,32-39,60,71H,9-11,16-21,23,49H2,1-8H3,(H,50,51)(H,52,63)(H,53,61)(H,54,66)(H,55,67)(H,56,62)(H,57,65)(H,58,64)(H,69,70)/t27-,28-,32-,33-,34-,35-,36-,37-,38-,39-/m0/s1. The fourth-order valence-corrected chi connectivity index (χ4v) is 8.61. The largest absolute Gasteiger partial charge is 0.508 e. The molecule has 72 heavy (non-hydrogen) atoms. The van der Waals surface area contributed by atoms with Crippen molar-refractivity contribution in [3.8, 4) is 5.75 Å². The van der Waals surface area contributed by atoms with Gasteiger partial charge in [0.05, 0.1) is 12.4 Å². The summed E-state index contributed by atoms with van der Waals surface area (Å²) in [6.07, 6.45) is 5.97. The number of hydrogen-bond acceptors (Lipinski definition) is 14. The number of likely N-dealkylation sites (tertiary alicyclic amines) is 1. The van der Waals surface area contributed by atoms with Crippen molar-refractivity contribution >= 4 is 77.6 Å². The van der Waals surface area contributed by atoms with Gasteiger partial charge in [-0.05, 0) is 80.1 Å². The maximum absolute atomic E-state index is 14.4. The lowest BCUT2D eigenvalue weighted by Crippen LogP contribution is -2.61. The molecule has 2 aromatic rings. The zero-order valence-electron chi connectivity index (χ0n) is 42.4. The number of phenolic OH excluding ortho intramolecular Hbond substituents is 1. The summed E-state index contributed by atoms with van der Waals surface area (Å²) in [5, 5.41) is 38.4. The van der Waals surface area contributed by atoms with Crippen LogP contribution in [-0.4, -0.2) is 157 Å². The Morgan fingerprint density at radius 2 is 1.35 bits per heavy atom. The van der Waals surface area contributed by atoms with Gasteiger partial charge in [0.1, 0.15) is 54.1 Å². The van der Waals surface area contributed by atoms with Gasteiger partial charge < -0.3 is 63.0 Å². The van der Waals surface area contributed by atoms with Crippen LogP contribution in [0.4, 0.5) is 0 Å². The van der Waals surface area contributed by atoms with E-state index < -0.39 is 114 Å². The molecule has 1 aromatic carbocycles. The monoisotopic (exact) mass is 1050 g/mol. The molecule has 0 unspecified atom stereocenters. The number of carbonyl (C=O) groups excluding carboxylic acids is 8. The number of aromatic nitrogens is 2. The van der Waals surface area contributed by atoms with Gasteiger partial charge in [-0.2, -0.15) is 24.4 Å². The number of aromatic hydroxyl groups is 1. The number of hydrogen-bond donors (Lipinski definition) is 12. The molecule has 1 aromatic heterocycles. The van der Waals surface area contributed by atoms with Crippen LogP contribution in [-0.2, 0) is 56.0 Å². The molecule has 0 radical (unpaired) electrons. The number of amides is 8. The van der Waals surface area contributed by atoms with Gasteiger partial charge in [0.15, 0.2) is 0 Å². The molecular formula is C48H75N11O11S2. The molecule has 12 N–H and O–H groups in total. The van der Waals surface area contributed by atoms with Gasteiger partial charge in [0, 0.05) is 37.0 Å². The molecule has 3 rings (SSSR count). The highest BCUT2D eigenvalue weighted by molar-refractivity contribution is 7.98. The van der Waals surface area contributed by atoms with Crippen LogP contribution in [0.15, 0.2) is 36.8 Å². The number of thioether (sulfide) groups is 1. The molecule has 0 aliphatic carbocycles. The number of carboxylic acid groups (broad SMARTS) is 1. The minimum Gasteiger partial charge on any atom is -0.508 e. The normalized spacial score (nSPS) is 17.2. The number of nitrogens with two attached hydrogens (primary N) is 1. The first-order valence-electron chi connectivity index (χ1n) is 24.3. The Bertz CT molecular complexity index is 2150. The predicted molar refractivity (Wildman–Crippen MR) is 274 cm³/mol. The van der Waals surface area contributed by atoms with Gasteiger partial charge in [0.25, 0.3) is 0 Å². The SMILES string of the molecule is CC[C@H](C)[C@H](NC(=O)[C@H](CC(C)C)NC(=O)[C@H](C)N)C(=O)N1CCC[C@H]1C(=O)N[C@@H](Cc1ccc(O)cc1)C(=O)N[C@@H](CS)C(=O)N[C@H](C(=O)N[C@@H](Cc1cnc[nH]1)C(=O)N[C@@H](CCSC)C(=O)O)C(C)C. The van der Waals surface area contributed by atoms with Gasteiger partial charge in [-0.15, -0.1) is 0 Å². The Morgan fingerprint density at radius 3 is 1.89 bits per heavy atom. The van der Waals surface area contributed by atoms with E-state index in [9.17, 15) is 53.4 Å². The molecule has 1 aliphatic rings. The van der Waals surface area contributed by atoms with E-state index in [1.165, 1.54) is 48.2 Å². The van der Waals surface area contributed by atoms with E-state index in [1.54, 1.807) is 39.2 Å². The Kier molecular flexibility index (Phi) is 24.8. The average molecular weight is 1050 g/mol. The van der Waals surface area contributed by atoms with Crippen LogP contribution >= 0.6 is 24.4 Å². The van der Waals surface area contributed by atoms with Crippen LogP contribution in [0.5, 0.6) is 5.75 Å². The van der Waals surface area contributed by atoms with E-state index >= 15 is 0 Å². The van der Waals surface area contributed by atoms with Crippen LogP contribution in [0.2, 0.25) is 0 Å². The van der Waals surface area contributed by atoms with Crippen molar-refractivity contribution in [1.82, 2.24) is 52.1 Å². The summed E-state index contributed by atoms with van der Waals surface area (Å²) in [4.78, 5) is 131. The van der Waals surface area contributed by atoms with Crippen molar-refractivity contribution in [2.24, 2.45) is 23.5 Å². The molecule has 1 saturated heterocycles. The Balaban J connectivity index is 1.85. The second kappa shape index (κ2) is 29.6. The molecule has 22 nitrogen and oxygen atoms in total. The molecular weight excluding hydrogens is 971 g/mol. The van der Waals surface area contributed by atoms with E-state index in [1.807, 2.05) is 20.8 Å². The molecule has 8 amide bonds. The van der Waals surface area contributed by atoms with Gasteiger partial charge >= 0.3 is 5.97 Å². The first-order chi connectivity index (χ1) is 34.0. The fourth-order valence-electron chi connectivity index (χ4n) is 7.88. The van der Waals surface area contributed by atoms with Crippen LogP contribution < -0.4 is 43.0 Å². The molecule has 1 fully saturated rings. The topological polar surface area (TPSA) is 336 Å². The third-order valence-electron chi connectivity index (χ3n) is 12.3. The van der Waals surface area contributed by atoms with E-state index in [4.69, 9.17) is 5.73 Å². The fraction of sp³-hybridized carbons (Fsp3) is 0.625. The molecule has 10 atom stereocenters. The Morgan fingerprint density at radius 1 is 0.778 bits per heavy atom. The smallest absolute Gasteiger partial charge is 0.326 e. The summed E-state index contributed by atoms with van der Waals surface area (Å²) in [6, 6.07) is -4.57. The summed E-state index contributed by atoms with van der Waals surface area (Å²) in [6.45, 7) is 12.4. The number of aromatic amines is 1. The van der Waals surface area contributed by atoms with Crippen LogP contribution in [0.25, 0.3) is 0 Å². The third kappa shape index (κ3) is 18.6. The van der Waals surface area contributed by atoms with Crippen molar-refractivity contribution in [2.75, 3.05) is 24.3 Å². The minimum absolute atomic E-state index is 0.00122. The number of aliphatic carboxylic acids is 1. The number of phenols is 1. The number of benzene rings is 1. The summed E-state index contributed by atoms with van der Waals surface area (Å²) < 4.78 is 0. The van der Waals surface area contributed by atoms with Gasteiger partial charge in [-0.1, -0.05) is 60.1 Å². The van der Waals surface area contributed by atoms with Crippen molar-refractivity contribution in [3.05, 3.63) is 48.0 Å². The highest BCUT2D eigenvalue weighted by atomic mass is 32.2. The molecule has 400 valence electrons. The number of nitrogens with one attached hydrogen (secondary N) is 8. The number of imidazole rings is 1. The maximum Gasteiger partial charge on any atom is 0.326 e. The number of rotatable bonds is 29. The zero-order valence-corrected chi connectivity index (χ0v) is 44.1. The van der Waals surface area contributed by atoms with Crippen molar-refractivity contribution in [2.45, 2.75) is 148 Å². The minimum atomic E-state index is -1.37. The van der Waals surface area contributed by atoms with E-state index in [2.05, 4.69) is 59.8 Å². The summed E-state index contributed by atoms with van der Waals surface area (Å²) in [5.41, 5.74) is 6.76. The number of H-pyrrole nitrogens is 1. The highest BCUT2D eigenvalue weighted by Crippen LogP contribution is 2.23.